The maximum atomic E-state index is 11.5. The van der Waals surface area contributed by atoms with Crippen LogP contribution < -0.4 is 17.0 Å². The first-order chi connectivity index (χ1) is 9.13. The second-order valence-corrected chi connectivity index (χ2v) is 5.07. The van der Waals surface area contributed by atoms with E-state index in [1.165, 1.54) is 18.0 Å². The Morgan fingerprint density at radius 3 is 2.89 bits per heavy atom. The number of hydrogen-bond acceptors (Lipinski definition) is 5. The number of hydrazine groups is 1. The van der Waals surface area contributed by atoms with E-state index < -0.39 is 5.91 Å². The van der Waals surface area contributed by atoms with Gasteiger partial charge in [0.25, 0.3) is 5.91 Å². The summed E-state index contributed by atoms with van der Waals surface area (Å²) < 4.78 is 5.27. The highest BCUT2D eigenvalue weighted by atomic mass is 35.5. The van der Waals surface area contributed by atoms with Crippen molar-refractivity contribution in [2.24, 2.45) is 5.84 Å². The van der Waals surface area contributed by atoms with Crippen LogP contribution in [0.1, 0.15) is 16.1 Å². The summed E-state index contributed by atoms with van der Waals surface area (Å²) in [5.41, 5.74) is 8.91. The number of hydrogen-bond donors (Lipinski definition) is 3. The van der Waals surface area contributed by atoms with E-state index in [4.69, 9.17) is 27.6 Å². The third-order valence-corrected chi connectivity index (χ3v) is 4.04. The SMILES string of the molecule is NNC(=O)c1ccoc1CSc1c(N)cccc1Cl. The fraction of sp³-hybridized carbons (Fsp3) is 0.0833. The Morgan fingerprint density at radius 1 is 1.42 bits per heavy atom. The summed E-state index contributed by atoms with van der Waals surface area (Å²) in [5.74, 6) is 5.66. The number of nitrogen functional groups attached to an aromatic ring is 2. The molecule has 1 heterocycles. The second kappa shape index (κ2) is 6.01. The van der Waals surface area contributed by atoms with Crippen LogP contribution in [0.2, 0.25) is 5.02 Å². The lowest BCUT2D eigenvalue weighted by atomic mass is 10.2. The lowest BCUT2D eigenvalue weighted by molar-refractivity contribution is 0.0952. The number of nitrogens with one attached hydrogen (secondary N) is 1. The average molecular weight is 298 g/mol. The molecule has 0 atom stereocenters. The molecule has 0 fully saturated rings. The van der Waals surface area contributed by atoms with Gasteiger partial charge in [-0.05, 0) is 18.2 Å². The molecule has 7 heteroatoms. The summed E-state index contributed by atoms with van der Waals surface area (Å²) in [5, 5.41) is 0.571. The molecule has 0 radical (unpaired) electrons. The molecule has 2 rings (SSSR count). The highest BCUT2D eigenvalue weighted by molar-refractivity contribution is 7.98. The maximum Gasteiger partial charge on any atom is 0.268 e. The van der Waals surface area contributed by atoms with Gasteiger partial charge in [0.1, 0.15) is 5.76 Å². The molecule has 0 saturated carbocycles. The molecule has 0 bridgehead atoms. The summed E-state index contributed by atoms with van der Waals surface area (Å²) in [6, 6.07) is 6.87. The van der Waals surface area contributed by atoms with Crippen LogP contribution in [-0.4, -0.2) is 5.91 Å². The second-order valence-electron chi connectivity index (χ2n) is 3.68. The van der Waals surface area contributed by atoms with Gasteiger partial charge in [-0.25, -0.2) is 5.84 Å². The molecule has 0 saturated heterocycles. The molecule has 0 spiro atoms. The molecule has 1 amide bonds. The molecule has 0 aliphatic rings. The molecular weight excluding hydrogens is 286 g/mol. The molecule has 2 aromatic rings. The molecular formula is C12H12ClN3O2S. The Hall–Kier alpha value is -1.63. The quantitative estimate of drug-likeness (QED) is 0.265. The number of furan rings is 1. The number of thioether (sulfide) groups is 1. The largest absolute Gasteiger partial charge is 0.468 e. The molecule has 0 unspecified atom stereocenters. The maximum absolute atomic E-state index is 11.5. The van der Waals surface area contributed by atoms with Crippen LogP contribution in [0.5, 0.6) is 0 Å². The summed E-state index contributed by atoms with van der Waals surface area (Å²) >= 11 is 7.47. The predicted molar refractivity (Wildman–Crippen MR) is 75.8 cm³/mol. The van der Waals surface area contributed by atoms with Gasteiger partial charge in [0, 0.05) is 10.6 Å². The third-order valence-electron chi connectivity index (χ3n) is 2.47. The van der Waals surface area contributed by atoms with Crippen molar-refractivity contribution in [3.8, 4) is 0 Å². The van der Waals surface area contributed by atoms with E-state index in [0.717, 1.165) is 4.90 Å². The van der Waals surface area contributed by atoms with Crippen molar-refractivity contribution in [2.75, 3.05) is 5.73 Å². The summed E-state index contributed by atoms with van der Waals surface area (Å²) in [6.07, 6.45) is 1.44. The number of carbonyl (C=O) groups is 1. The molecule has 5 nitrogen and oxygen atoms in total. The molecule has 0 aliphatic carbocycles. The van der Waals surface area contributed by atoms with Gasteiger partial charge in [0.05, 0.1) is 22.6 Å². The van der Waals surface area contributed by atoms with Crippen molar-refractivity contribution in [1.29, 1.82) is 0 Å². The van der Waals surface area contributed by atoms with Gasteiger partial charge in [-0.3, -0.25) is 10.2 Å². The molecule has 100 valence electrons. The zero-order chi connectivity index (χ0) is 13.8. The smallest absolute Gasteiger partial charge is 0.268 e. The van der Waals surface area contributed by atoms with Crippen molar-refractivity contribution in [3.05, 3.63) is 46.9 Å². The number of halogens is 1. The fourth-order valence-corrected chi connectivity index (χ4v) is 2.83. The van der Waals surface area contributed by atoms with Crippen molar-refractivity contribution in [3.63, 3.8) is 0 Å². The highest BCUT2D eigenvalue weighted by Crippen LogP contribution is 2.35. The topological polar surface area (TPSA) is 94.3 Å². The number of anilines is 1. The van der Waals surface area contributed by atoms with Gasteiger partial charge in [-0.15, -0.1) is 11.8 Å². The van der Waals surface area contributed by atoms with Crippen LogP contribution in [0.15, 0.2) is 39.8 Å². The van der Waals surface area contributed by atoms with Gasteiger partial charge >= 0.3 is 0 Å². The molecule has 1 aromatic heterocycles. The van der Waals surface area contributed by atoms with Crippen molar-refractivity contribution >= 4 is 35.0 Å². The van der Waals surface area contributed by atoms with Gasteiger partial charge < -0.3 is 10.2 Å². The monoisotopic (exact) mass is 297 g/mol. The van der Waals surface area contributed by atoms with Gasteiger partial charge in [0.15, 0.2) is 0 Å². The predicted octanol–water partition coefficient (Wildman–Crippen LogP) is 2.41. The fourth-order valence-electron chi connectivity index (χ4n) is 1.55. The Labute approximate surface area is 119 Å². The summed E-state index contributed by atoms with van der Waals surface area (Å²) in [7, 11) is 0. The molecule has 0 aliphatic heterocycles. The van der Waals surface area contributed by atoms with Crippen LogP contribution in [0.4, 0.5) is 5.69 Å². The van der Waals surface area contributed by atoms with Crippen molar-refractivity contribution in [1.82, 2.24) is 5.43 Å². The van der Waals surface area contributed by atoms with Crippen LogP contribution in [0.3, 0.4) is 0 Å². The molecule has 19 heavy (non-hydrogen) atoms. The Kier molecular flexibility index (Phi) is 4.36. The third kappa shape index (κ3) is 3.04. The lowest BCUT2D eigenvalue weighted by Crippen LogP contribution is -2.30. The van der Waals surface area contributed by atoms with E-state index >= 15 is 0 Å². The van der Waals surface area contributed by atoms with Gasteiger partial charge in [-0.1, -0.05) is 17.7 Å². The Bertz CT molecular complexity index is 580. The zero-order valence-corrected chi connectivity index (χ0v) is 11.4. The first-order valence-corrected chi connectivity index (χ1v) is 6.74. The highest BCUT2D eigenvalue weighted by Gasteiger charge is 2.15. The number of nitrogens with two attached hydrogens (primary N) is 2. The Morgan fingerprint density at radius 2 is 2.21 bits per heavy atom. The molecule has 1 aromatic carbocycles. The van der Waals surface area contributed by atoms with E-state index in [1.807, 2.05) is 0 Å². The molecule has 5 N–H and O–H groups in total. The first-order valence-electron chi connectivity index (χ1n) is 5.37. The number of amides is 1. The van der Waals surface area contributed by atoms with Crippen LogP contribution in [-0.2, 0) is 5.75 Å². The van der Waals surface area contributed by atoms with E-state index in [0.29, 0.717) is 27.8 Å². The minimum Gasteiger partial charge on any atom is -0.468 e. The van der Waals surface area contributed by atoms with Crippen LogP contribution >= 0.6 is 23.4 Å². The van der Waals surface area contributed by atoms with Gasteiger partial charge in [-0.2, -0.15) is 0 Å². The standard InChI is InChI=1S/C12H12ClN3O2S/c13-8-2-1-3-9(14)11(8)19-6-10-7(4-5-18-10)12(17)16-15/h1-5H,6,14-15H2,(H,16,17). The summed E-state index contributed by atoms with van der Waals surface area (Å²) in [4.78, 5) is 12.2. The van der Waals surface area contributed by atoms with E-state index in [2.05, 4.69) is 5.43 Å². The summed E-state index contributed by atoms with van der Waals surface area (Å²) in [6.45, 7) is 0. The first kappa shape index (κ1) is 13.8. The van der Waals surface area contributed by atoms with Crippen molar-refractivity contribution in [2.45, 2.75) is 10.6 Å². The van der Waals surface area contributed by atoms with Crippen LogP contribution in [0, 0.1) is 0 Å². The normalized spacial score (nSPS) is 10.4. The van der Waals surface area contributed by atoms with E-state index in [1.54, 1.807) is 24.3 Å². The lowest BCUT2D eigenvalue weighted by Gasteiger charge is -2.07. The minimum absolute atomic E-state index is 0.392. The van der Waals surface area contributed by atoms with Crippen molar-refractivity contribution < 1.29 is 9.21 Å². The Balaban J connectivity index is 2.15. The van der Waals surface area contributed by atoms with E-state index in [9.17, 15) is 4.79 Å². The average Bonchev–Trinajstić information content (AvgIpc) is 2.85. The number of carbonyl (C=O) groups excluding carboxylic acids is 1. The number of rotatable bonds is 4. The van der Waals surface area contributed by atoms with Gasteiger partial charge in [0.2, 0.25) is 0 Å². The number of benzene rings is 1. The minimum atomic E-state index is -0.392. The van der Waals surface area contributed by atoms with Crippen LogP contribution in [0.25, 0.3) is 0 Å². The van der Waals surface area contributed by atoms with E-state index in [-0.39, 0.29) is 0 Å². The zero-order valence-electron chi connectivity index (χ0n) is 9.85.